The van der Waals surface area contributed by atoms with Gasteiger partial charge in [-0.1, -0.05) is 24.3 Å². The number of aryl methyl sites for hydroxylation is 2. The molecule has 2 aromatic heterocycles. The van der Waals surface area contributed by atoms with E-state index in [4.69, 9.17) is 0 Å². The van der Waals surface area contributed by atoms with Crippen molar-refractivity contribution >= 4 is 0 Å². The molecule has 0 aliphatic rings. The highest BCUT2D eigenvalue weighted by atomic mass is 15.0. The Morgan fingerprint density at radius 2 is 1.22 bits per heavy atom. The van der Waals surface area contributed by atoms with Crippen molar-refractivity contribution in [1.82, 2.24) is 19.1 Å². The molecule has 0 aliphatic carbocycles. The largest absolute Gasteiger partial charge is 0.334 e. The lowest BCUT2D eigenvalue weighted by atomic mass is 10.1. The molecule has 0 radical (unpaired) electrons. The summed E-state index contributed by atoms with van der Waals surface area (Å²) >= 11 is 0. The average molecular weight is 238 g/mol. The maximum atomic E-state index is 4.41. The van der Waals surface area contributed by atoms with Crippen LogP contribution in [0.15, 0.2) is 49.1 Å². The van der Waals surface area contributed by atoms with Crippen LogP contribution in [0.3, 0.4) is 0 Å². The molecule has 4 heteroatoms. The van der Waals surface area contributed by atoms with Crippen molar-refractivity contribution in [3.05, 3.63) is 49.1 Å². The second-order valence-electron chi connectivity index (χ2n) is 4.27. The van der Waals surface area contributed by atoms with E-state index in [-0.39, 0.29) is 0 Å². The lowest BCUT2D eigenvalue weighted by Gasteiger charge is -2.09. The van der Waals surface area contributed by atoms with Gasteiger partial charge in [-0.2, -0.15) is 0 Å². The normalized spacial score (nSPS) is 10.8. The SMILES string of the molecule is Cn1ccnc1-c1ccccc1-c1nccn1C. The van der Waals surface area contributed by atoms with Gasteiger partial charge in [-0.25, -0.2) is 9.97 Å². The van der Waals surface area contributed by atoms with Gasteiger partial charge < -0.3 is 9.13 Å². The monoisotopic (exact) mass is 238 g/mol. The molecule has 0 aliphatic heterocycles. The van der Waals surface area contributed by atoms with Crippen LogP contribution in [-0.4, -0.2) is 19.1 Å². The Balaban J connectivity index is 2.24. The van der Waals surface area contributed by atoms with E-state index in [0.717, 1.165) is 22.8 Å². The van der Waals surface area contributed by atoms with Crippen LogP contribution in [0.4, 0.5) is 0 Å². The third-order valence-corrected chi connectivity index (χ3v) is 3.05. The molecular formula is C14H14N4. The van der Waals surface area contributed by atoms with Crippen molar-refractivity contribution in [3.63, 3.8) is 0 Å². The number of aromatic nitrogens is 4. The Kier molecular flexibility index (Phi) is 2.48. The van der Waals surface area contributed by atoms with E-state index in [2.05, 4.69) is 22.1 Å². The van der Waals surface area contributed by atoms with Crippen molar-refractivity contribution < 1.29 is 0 Å². The first-order chi connectivity index (χ1) is 8.77. The van der Waals surface area contributed by atoms with Crippen LogP contribution < -0.4 is 0 Å². The summed E-state index contributed by atoms with van der Waals surface area (Å²) in [5.74, 6) is 1.90. The van der Waals surface area contributed by atoms with Crippen LogP contribution in [0.2, 0.25) is 0 Å². The molecule has 3 rings (SSSR count). The fourth-order valence-corrected chi connectivity index (χ4v) is 2.12. The number of imidazole rings is 2. The van der Waals surface area contributed by atoms with Gasteiger partial charge in [-0.3, -0.25) is 0 Å². The van der Waals surface area contributed by atoms with E-state index in [9.17, 15) is 0 Å². The van der Waals surface area contributed by atoms with E-state index >= 15 is 0 Å². The summed E-state index contributed by atoms with van der Waals surface area (Å²) in [6.45, 7) is 0. The maximum absolute atomic E-state index is 4.41. The van der Waals surface area contributed by atoms with Gasteiger partial charge in [0.25, 0.3) is 0 Å². The van der Waals surface area contributed by atoms with E-state index < -0.39 is 0 Å². The quantitative estimate of drug-likeness (QED) is 0.687. The lowest BCUT2D eigenvalue weighted by molar-refractivity contribution is 0.914. The molecule has 0 atom stereocenters. The molecule has 0 saturated heterocycles. The summed E-state index contributed by atoms with van der Waals surface area (Å²) in [7, 11) is 4.00. The van der Waals surface area contributed by atoms with Crippen molar-refractivity contribution in [2.45, 2.75) is 0 Å². The summed E-state index contributed by atoms with van der Waals surface area (Å²) in [4.78, 5) is 8.82. The van der Waals surface area contributed by atoms with E-state index in [0.29, 0.717) is 0 Å². The molecule has 1 aromatic carbocycles. The zero-order chi connectivity index (χ0) is 12.5. The molecule has 0 N–H and O–H groups in total. The molecule has 0 bridgehead atoms. The van der Waals surface area contributed by atoms with Gasteiger partial charge in [0.2, 0.25) is 0 Å². The molecule has 4 nitrogen and oxygen atoms in total. The first-order valence-electron chi connectivity index (χ1n) is 5.82. The fourth-order valence-electron chi connectivity index (χ4n) is 2.12. The van der Waals surface area contributed by atoms with Crippen molar-refractivity contribution in [1.29, 1.82) is 0 Å². The molecule has 3 aromatic rings. The third-order valence-electron chi connectivity index (χ3n) is 3.05. The van der Waals surface area contributed by atoms with Gasteiger partial charge in [0, 0.05) is 50.0 Å². The maximum Gasteiger partial charge on any atom is 0.140 e. The molecule has 0 fully saturated rings. The van der Waals surface area contributed by atoms with Gasteiger partial charge in [0.1, 0.15) is 11.6 Å². The number of hydrogen-bond acceptors (Lipinski definition) is 2. The highest BCUT2D eigenvalue weighted by Crippen LogP contribution is 2.29. The predicted octanol–water partition coefficient (Wildman–Crippen LogP) is 2.49. The Morgan fingerprint density at radius 1 is 0.778 bits per heavy atom. The molecule has 0 unspecified atom stereocenters. The van der Waals surface area contributed by atoms with Crippen molar-refractivity contribution in [2.24, 2.45) is 14.1 Å². The van der Waals surface area contributed by atoms with Crippen molar-refractivity contribution in [2.75, 3.05) is 0 Å². The topological polar surface area (TPSA) is 35.6 Å². The van der Waals surface area contributed by atoms with Gasteiger partial charge in [-0.15, -0.1) is 0 Å². The molecule has 2 heterocycles. The Bertz CT molecular complexity index is 619. The van der Waals surface area contributed by atoms with E-state index in [1.807, 2.05) is 60.1 Å². The summed E-state index contributed by atoms with van der Waals surface area (Å²) in [5.41, 5.74) is 2.19. The summed E-state index contributed by atoms with van der Waals surface area (Å²) in [6.07, 6.45) is 7.52. The molecule has 0 amide bonds. The van der Waals surface area contributed by atoms with Gasteiger partial charge >= 0.3 is 0 Å². The van der Waals surface area contributed by atoms with Crippen LogP contribution >= 0.6 is 0 Å². The summed E-state index contributed by atoms with van der Waals surface area (Å²) in [6, 6.07) is 8.20. The zero-order valence-electron chi connectivity index (χ0n) is 10.4. The van der Waals surface area contributed by atoms with Crippen LogP contribution in [0.1, 0.15) is 0 Å². The third kappa shape index (κ3) is 1.62. The van der Waals surface area contributed by atoms with Crippen LogP contribution in [0.5, 0.6) is 0 Å². The second-order valence-corrected chi connectivity index (χ2v) is 4.27. The average Bonchev–Trinajstić information content (AvgIpc) is 2.98. The van der Waals surface area contributed by atoms with Crippen LogP contribution in [0.25, 0.3) is 22.8 Å². The first-order valence-corrected chi connectivity index (χ1v) is 5.82. The lowest BCUT2D eigenvalue weighted by Crippen LogP contribution is -1.97. The van der Waals surface area contributed by atoms with E-state index in [1.165, 1.54) is 0 Å². The molecule has 90 valence electrons. The second kappa shape index (κ2) is 4.14. The van der Waals surface area contributed by atoms with E-state index in [1.54, 1.807) is 0 Å². The van der Waals surface area contributed by atoms with Gasteiger partial charge in [0.15, 0.2) is 0 Å². The Morgan fingerprint density at radius 3 is 1.56 bits per heavy atom. The minimum atomic E-state index is 0.952. The molecular weight excluding hydrogens is 224 g/mol. The Labute approximate surface area is 106 Å². The molecule has 0 saturated carbocycles. The minimum Gasteiger partial charge on any atom is -0.334 e. The number of benzene rings is 1. The number of rotatable bonds is 2. The van der Waals surface area contributed by atoms with Crippen molar-refractivity contribution in [3.8, 4) is 22.8 Å². The zero-order valence-corrected chi connectivity index (χ0v) is 10.4. The standard InChI is InChI=1S/C14H14N4/c1-17-9-7-15-13(17)11-5-3-4-6-12(11)14-16-8-10-18(14)2/h3-10H,1-2H3. The minimum absolute atomic E-state index is 0.952. The van der Waals surface area contributed by atoms with Gasteiger partial charge in [0.05, 0.1) is 0 Å². The highest BCUT2D eigenvalue weighted by Gasteiger charge is 2.12. The predicted molar refractivity (Wildman–Crippen MR) is 70.8 cm³/mol. The number of nitrogens with zero attached hydrogens (tertiary/aromatic N) is 4. The van der Waals surface area contributed by atoms with Crippen LogP contribution in [0, 0.1) is 0 Å². The first kappa shape index (κ1) is 10.8. The smallest absolute Gasteiger partial charge is 0.140 e. The summed E-state index contributed by atoms with van der Waals surface area (Å²) < 4.78 is 4.03. The Hall–Kier alpha value is -2.36. The van der Waals surface area contributed by atoms with Gasteiger partial charge in [-0.05, 0) is 0 Å². The highest BCUT2D eigenvalue weighted by molar-refractivity contribution is 5.77. The number of hydrogen-bond donors (Lipinski definition) is 0. The van der Waals surface area contributed by atoms with Crippen LogP contribution in [-0.2, 0) is 14.1 Å². The molecule has 18 heavy (non-hydrogen) atoms. The fraction of sp³-hybridized carbons (Fsp3) is 0.143. The molecule has 0 spiro atoms. The summed E-state index contributed by atoms with van der Waals surface area (Å²) in [5, 5.41) is 0.